The van der Waals surface area contributed by atoms with Gasteiger partial charge in [-0.3, -0.25) is 0 Å². The molecule has 0 aromatic heterocycles. The summed E-state index contributed by atoms with van der Waals surface area (Å²) in [5.41, 5.74) is 0. The molecular weight excluding hydrogens is 232 g/mol. The lowest BCUT2D eigenvalue weighted by Crippen LogP contribution is -1.95. The van der Waals surface area contributed by atoms with Gasteiger partial charge in [0.2, 0.25) is 0 Å². The maximum atomic E-state index is 10.3. The molecule has 0 bridgehead atoms. The van der Waals surface area contributed by atoms with E-state index in [-0.39, 0.29) is 5.78 Å². The van der Waals surface area contributed by atoms with Gasteiger partial charge in [0.15, 0.2) is 0 Å². The van der Waals surface area contributed by atoms with Crippen LogP contribution >= 0.6 is 0 Å². The number of hydrogen-bond donors (Lipinski definition) is 0. The quantitative estimate of drug-likeness (QED) is 0.444. The van der Waals surface area contributed by atoms with Crippen LogP contribution in [0.3, 0.4) is 0 Å². The molecule has 0 fully saturated rings. The number of unbranched alkanes of at least 4 members (excludes halogenated alkanes) is 6. The average molecular weight is 273 g/mol. The predicted molar refractivity (Wildman–Crippen MR) is 89.8 cm³/mol. The van der Waals surface area contributed by atoms with E-state index in [1.165, 1.54) is 51.4 Å². The fourth-order valence-electron chi connectivity index (χ4n) is 1.57. The highest BCUT2D eigenvalue weighted by Gasteiger charge is 1.95. The molecule has 0 aliphatic rings. The van der Waals surface area contributed by atoms with E-state index in [0.29, 0.717) is 5.92 Å². The van der Waals surface area contributed by atoms with Crippen molar-refractivity contribution < 1.29 is 4.79 Å². The van der Waals surface area contributed by atoms with Gasteiger partial charge < -0.3 is 4.79 Å². The Bertz CT molecular complexity index is 134. The van der Waals surface area contributed by atoms with Crippen LogP contribution in [0.2, 0.25) is 0 Å². The summed E-state index contributed by atoms with van der Waals surface area (Å²) in [7, 11) is 0. The second-order valence-electron chi connectivity index (χ2n) is 5.71. The van der Waals surface area contributed by atoms with Crippen molar-refractivity contribution in [1.29, 1.82) is 0 Å². The van der Waals surface area contributed by atoms with Gasteiger partial charge in [0, 0.05) is 6.42 Å². The van der Waals surface area contributed by atoms with Crippen molar-refractivity contribution in [3.8, 4) is 0 Å². The topological polar surface area (TPSA) is 17.1 Å². The van der Waals surface area contributed by atoms with Gasteiger partial charge in [-0.25, -0.2) is 0 Å². The van der Waals surface area contributed by atoms with Crippen LogP contribution in [-0.4, -0.2) is 5.78 Å². The van der Waals surface area contributed by atoms with Gasteiger partial charge in [0.1, 0.15) is 5.78 Å². The zero-order chi connectivity index (χ0) is 15.5. The second kappa shape index (κ2) is 22.8. The molecule has 0 saturated heterocycles. The summed E-state index contributed by atoms with van der Waals surface area (Å²) in [6.07, 6.45) is 11.8. The van der Waals surface area contributed by atoms with Crippen molar-refractivity contribution in [2.45, 2.75) is 106 Å². The lowest BCUT2D eigenvalue weighted by atomic mass is 10.1. The molecule has 1 heteroatoms. The molecule has 1 nitrogen and oxygen atoms in total. The van der Waals surface area contributed by atoms with E-state index in [9.17, 15) is 4.79 Å². The first-order valence-corrected chi connectivity index (χ1v) is 8.45. The lowest BCUT2D eigenvalue weighted by Gasteiger charge is -1.95. The zero-order valence-electron chi connectivity index (χ0n) is 14.8. The first-order chi connectivity index (χ1) is 8.95. The highest BCUT2D eigenvalue weighted by Crippen LogP contribution is 1.98. The Morgan fingerprint density at radius 3 is 1.05 bits per heavy atom. The summed E-state index contributed by atoms with van der Waals surface area (Å²) < 4.78 is 0. The van der Waals surface area contributed by atoms with E-state index >= 15 is 0 Å². The highest BCUT2D eigenvalue weighted by molar-refractivity contribution is 5.75. The molecule has 0 unspecified atom stereocenters. The van der Waals surface area contributed by atoms with E-state index in [2.05, 4.69) is 27.7 Å². The Balaban J connectivity index is -0.000000203. The molecule has 0 heterocycles. The predicted octanol–water partition coefficient (Wildman–Crippen LogP) is 6.79. The number of Topliss-reactive ketones (excluding diaryl/α,β-unsaturated/α-hetero) is 1. The molecule has 118 valence electrons. The van der Waals surface area contributed by atoms with Crippen LogP contribution in [0.5, 0.6) is 0 Å². The molecule has 0 atom stereocenters. The van der Waals surface area contributed by atoms with Gasteiger partial charge in [0.25, 0.3) is 0 Å². The molecule has 0 aromatic carbocycles. The van der Waals surface area contributed by atoms with Gasteiger partial charge in [0.05, 0.1) is 0 Å². The zero-order valence-corrected chi connectivity index (χ0v) is 14.8. The first kappa shape index (κ1) is 23.7. The smallest absolute Gasteiger partial charge is 0.130 e. The molecule has 0 saturated carbocycles. The molecule has 19 heavy (non-hydrogen) atoms. The molecular formula is C18H40O. The lowest BCUT2D eigenvalue weighted by molar-refractivity contribution is -0.117. The fourth-order valence-corrected chi connectivity index (χ4v) is 1.57. The summed E-state index contributed by atoms with van der Waals surface area (Å²) in [6, 6.07) is 0. The molecule has 0 N–H and O–H groups in total. The van der Waals surface area contributed by atoms with Crippen molar-refractivity contribution in [2.75, 3.05) is 0 Å². The molecule has 0 aliphatic carbocycles. The molecule has 0 amide bonds. The van der Waals surface area contributed by atoms with E-state index in [4.69, 9.17) is 0 Å². The van der Waals surface area contributed by atoms with Crippen LogP contribution in [0.4, 0.5) is 0 Å². The van der Waals surface area contributed by atoms with E-state index in [1.807, 2.05) is 13.8 Å². The van der Waals surface area contributed by atoms with Crippen molar-refractivity contribution in [3.05, 3.63) is 0 Å². The van der Waals surface area contributed by atoms with Gasteiger partial charge in [-0.15, -0.1) is 0 Å². The third-order valence-electron chi connectivity index (χ3n) is 2.61. The Hall–Kier alpha value is -0.330. The van der Waals surface area contributed by atoms with E-state index in [0.717, 1.165) is 6.42 Å². The summed E-state index contributed by atoms with van der Waals surface area (Å²) >= 11 is 0. The Morgan fingerprint density at radius 1 is 0.737 bits per heavy atom. The number of rotatable bonds is 8. The van der Waals surface area contributed by atoms with Crippen molar-refractivity contribution in [2.24, 2.45) is 5.92 Å². The van der Waals surface area contributed by atoms with Crippen LogP contribution in [0, 0.1) is 5.92 Å². The summed E-state index contributed by atoms with van der Waals surface area (Å²) in [4.78, 5) is 10.3. The van der Waals surface area contributed by atoms with Crippen LogP contribution in [0.1, 0.15) is 106 Å². The van der Waals surface area contributed by atoms with Crippen LogP contribution in [-0.2, 0) is 4.79 Å². The minimum Gasteiger partial charge on any atom is -0.300 e. The third kappa shape index (κ3) is 46.4. The normalized spacial score (nSPS) is 9.26. The molecule has 0 rings (SSSR count). The summed E-state index contributed by atoms with van der Waals surface area (Å²) in [5, 5.41) is 0. The molecule has 0 aromatic rings. The second-order valence-corrected chi connectivity index (χ2v) is 5.71. The van der Waals surface area contributed by atoms with E-state index in [1.54, 1.807) is 6.92 Å². The minimum atomic E-state index is 0.287. The van der Waals surface area contributed by atoms with Gasteiger partial charge in [-0.05, 0) is 12.8 Å². The van der Waals surface area contributed by atoms with Gasteiger partial charge in [-0.1, -0.05) is 92.9 Å². The maximum Gasteiger partial charge on any atom is 0.130 e. The fraction of sp³-hybridized carbons (Fsp3) is 0.944. The minimum absolute atomic E-state index is 0.287. The van der Waals surface area contributed by atoms with Gasteiger partial charge >= 0.3 is 0 Å². The van der Waals surface area contributed by atoms with Crippen LogP contribution in [0.15, 0.2) is 0 Å². The monoisotopic (exact) mass is 272 g/mol. The Morgan fingerprint density at radius 2 is 1.00 bits per heavy atom. The molecule has 0 spiro atoms. The summed E-state index contributed by atoms with van der Waals surface area (Å²) in [5.74, 6) is 0.813. The maximum absolute atomic E-state index is 10.3. The average Bonchev–Trinajstić information content (AvgIpc) is 2.33. The largest absolute Gasteiger partial charge is 0.300 e. The van der Waals surface area contributed by atoms with Crippen molar-refractivity contribution >= 4 is 5.78 Å². The highest BCUT2D eigenvalue weighted by atomic mass is 16.1. The number of hydrogen-bond acceptors (Lipinski definition) is 1. The molecule has 0 radical (unpaired) electrons. The number of carbonyl (C=O) groups is 1. The SMILES string of the molecule is CC(=O)CC(C)C.CCCCCC.CCCCCC. The Kier molecular flexibility index (Phi) is 28.5. The number of carbonyl (C=O) groups excluding carboxylic acids is 1. The van der Waals surface area contributed by atoms with Crippen molar-refractivity contribution in [1.82, 2.24) is 0 Å². The first-order valence-electron chi connectivity index (χ1n) is 8.45. The van der Waals surface area contributed by atoms with Crippen LogP contribution < -0.4 is 0 Å². The summed E-state index contributed by atoms with van der Waals surface area (Å²) in [6.45, 7) is 14.6. The van der Waals surface area contributed by atoms with Gasteiger partial charge in [-0.2, -0.15) is 0 Å². The van der Waals surface area contributed by atoms with Crippen LogP contribution in [0.25, 0.3) is 0 Å². The Labute approximate surface area is 123 Å². The number of ketones is 1. The van der Waals surface area contributed by atoms with Crippen molar-refractivity contribution in [3.63, 3.8) is 0 Å². The molecule has 0 aliphatic heterocycles. The van der Waals surface area contributed by atoms with E-state index < -0.39 is 0 Å². The third-order valence-corrected chi connectivity index (χ3v) is 2.61. The standard InChI is InChI=1S/C6H12O.2C6H14/c1-5(2)4-6(3)7;2*1-3-5-6-4-2/h5H,4H2,1-3H3;2*3-6H2,1-2H3.